The normalized spacial score (nSPS) is 10.6. The quantitative estimate of drug-likeness (QED) is 0.437. The van der Waals surface area contributed by atoms with E-state index in [9.17, 15) is 10.1 Å². The summed E-state index contributed by atoms with van der Waals surface area (Å²) in [5.41, 5.74) is 0.465. The zero-order chi connectivity index (χ0) is 13.4. The Hall–Kier alpha value is -1.69. The Balaban J connectivity index is 2.29. The topological polar surface area (TPSA) is 77.3 Å². The molecule has 0 aromatic carbocycles. The highest BCUT2D eigenvalue weighted by Gasteiger charge is 2.12. The fraction of sp³-hybridized carbons (Fsp3) is 0.583. The first kappa shape index (κ1) is 14.4. The number of nitro groups is 1. The van der Waals surface area contributed by atoms with Gasteiger partial charge in [-0.2, -0.15) is 0 Å². The minimum absolute atomic E-state index is 0.129. The van der Waals surface area contributed by atoms with Gasteiger partial charge in [0.15, 0.2) is 0 Å². The Labute approximate surface area is 107 Å². The molecule has 0 radical (unpaired) electrons. The molecule has 6 heteroatoms. The fourth-order valence-corrected chi connectivity index (χ4v) is 1.45. The summed E-state index contributed by atoms with van der Waals surface area (Å²) in [7, 11) is 0. The van der Waals surface area contributed by atoms with Gasteiger partial charge in [0.1, 0.15) is 11.9 Å². The molecule has 0 aliphatic heterocycles. The maximum absolute atomic E-state index is 10.7. The van der Waals surface area contributed by atoms with E-state index >= 15 is 0 Å². The fourth-order valence-electron chi connectivity index (χ4n) is 1.45. The van der Waals surface area contributed by atoms with Gasteiger partial charge >= 0.3 is 5.82 Å². The van der Waals surface area contributed by atoms with Crippen LogP contribution in [0.5, 0.6) is 0 Å². The van der Waals surface area contributed by atoms with Gasteiger partial charge < -0.3 is 20.2 Å². The molecule has 0 atom stereocenters. The van der Waals surface area contributed by atoms with E-state index in [1.807, 2.05) is 13.8 Å². The van der Waals surface area contributed by atoms with E-state index in [1.54, 1.807) is 12.1 Å². The van der Waals surface area contributed by atoms with Crippen LogP contribution in [0.25, 0.3) is 0 Å². The summed E-state index contributed by atoms with van der Waals surface area (Å²) in [6.45, 7) is 5.39. The highest BCUT2D eigenvalue weighted by atomic mass is 16.6. The summed E-state index contributed by atoms with van der Waals surface area (Å²) >= 11 is 0. The van der Waals surface area contributed by atoms with Crippen LogP contribution in [-0.2, 0) is 4.74 Å². The van der Waals surface area contributed by atoms with Crippen molar-refractivity contribution in [1.29, 1.82) is 0 Å². The number of hydrogen-bond acceptors (Lipinski definition) is 5. The zero-order valence-corrected chi connectivity index (χ0v) is 10.8. The summed E-state index contributed by atoms with van der Waals surface area (Å²) < 4.78 is 5.41. The lowest BCUT2D eigenvalue weighted by atomic mass is 10.3. The number of pyridine rings is 1. The molecule has 100 valence electrons. The second kappa shape index (κ2) is 7.60. The van der Waals surface area contributed by atoms with Gasteiger partial charge in [0, 0.05) is 13.2 Å². The molecule has 0 saturated carbocycles. The highest BCUT2D eigenvalue weighted by Crippen LogP contribution is 2.19. The summed E-state index contributed by atoms with van der Waals surface area (Å²) in [6, 6.07) is 3.34. The summed E-state index contributed by atoms with van der Waals surface area (Å²) in [4.78, 5) is 14.0. The van der Waals surface area contributed by atoms with Crippen molar-refractivity contribution in [2.75, 3.05) is 18.5 Å². The number of rotatable bonds is 8. The van der Waals surface area contributed by atoms with E-state index in [0.29, 0.717) is 18.8 Å². The van der Waals surface area contributed by atoms with E-state index in [1.165, 1.54) is 6.20 Å². The molecule has 0 amide bonds. The Kier molecular flexibility index (Phi) is 6.07. The Morgan fingerprint density at radius 1 is 1.50 bits per heavy atom. The zero-order valence-electron chi connectivity index (χ0n) is 10.8. The third-order valence-corrected chi connectivity index (χ3v) is 2.30. The predicted octanol–water partition coefficient (Wildman–Crippen LogP) is 2.61. The van der Waals surface area contributed by atoms with Gasteiger partial charge in [-0.3, -0.25) is 0 Å². The van der Waals surface area contributed by atoms with E-state index in [0.717, 1.165) is 12.8 Å². The first-order chi connectivity index (χ1) is 8.61. The Morgan fingerprint density at radius 3 is 2.94 bits per heavy atom. The van der Waals surface area contributed by atoms with Crippen molar-refractivity contribution in [1.82, 2.24) is 4.98 Å². The Morgan fingerprint density at radius 2 is 2.28 bits per heavy atom. The number of nitrogens with one attached hydrogen (secondary N) is 1. The summed E-state index contributed by atoms with van der Waals surface area (Å²) in [5.74, 6) is -0.129. The molecule has 0 aliphatic rings. The van der Waals surface area contributed by atoms with Crippen molar-refractivity contribution in [3.8, 4) is 0 Å². The molecular weight excluding hydrogens is 234 g/mol. The van der Waals surface area contributed by atoms with E-state index in [2.05, 4.69) is 10.3 Å². The van der Waals surface area contributed by atoms with E-state index in [-0.39, 0.29) is 11.9 Å². The van der Waals surface area contributed by atoms with Crippen molar-refractivity contribution >= 4 is 11.5 Å². The van der Waals surface area contributed by atoms with Gasteiger partial charge in [-0.05, 0) is 48.7 Å². The average Bonchev–Trinajstić information content (AvgIpc) is 2.33. The summed E-state index contributed by atoms with van der Waals surface area (Å²) in [5, 5.41) is 13.7. The molecule has 1 aromatic heterocycles. The van der Waals surface area contributed by atoms with Crippen LogP contribution in [0, 0.1) is 10.1 Å². The average molecular weight is 253 g/mol. The maximum Gasteiger partial charge on any atom is 0.386 e. The van der Waals surface area contributed by atoms with Crippen LogP contribution in [0.15, 0.2) is 18.3 Å². The van der Waals surface area contributed by atoms with Crippen molar-refractivity contribution < 1.29 is 9.66 Å². The molecule has 1 heterocycles. The van der Waals surface area contributed by atoms with Crippen molar-refractivity contribution in [2.24, 2.45) is 0 Å². The lowest BCUT2D eigenvalue weighted by molar-refractivity contribution is -0.388. The maximum atomic E-state index is 10.7. The second-order valence-corrected chi connectivity index (χ2v) is 4.19. The number of nitrogens with zero attached hydrogens (tertiary/aromatic N) is 2. The SMILES string of the molecule is CC(C)OCCCCNc1cccnc1[N+](=O)[O-]. The van der Waals surface area contributed by atoms with Gasteiger partial charge in [0.25, 0.3) is 0 Å². The van der Waals surface area contributed by atoms with Crippen LogP contribution in [0.2, 0.25) is 0 Å². The third kappa shape index (κ3) is 5.09. The van der Waals surface area contributed by atoms with Crippen molar-refractivity contribution in [3.05, 3.63) is 28.4 Å². The lowest BCUT2D eigenvalue weighted by Crippen LogP contribution is -2.08. The number of hydrogen-bond donors (Lipinski definition) is 1. The standard InChI is InChI=1S/C12H19N3O3/c1-10(2)18-9-4-3-7-13-11-6-5-8-14-12(11)15(16)17/h5-6,8,10,13H,3-4,7,9H2,1-2H3. The van der Waals surface area contributed by atoms with Gasteiger partial charge in [-0.1, -0.05) is 0 Å². The number of ether oxygens (including phenoxy) is 1. The summed E-state index contributed by atoms with van der Waals surface area (Å²) in [6.07, 6.45) is 3.50. The molecule has 0 bridgehead atoms. The monoisotopic (exact) mass is 253 g/mol. The number of anilines is 1. The Bertz CT molecular complexity index is 383. The van der Waals surface area contributed by atoms with Gasteiger partial charge in [0.2, 0.25) is 0 Å². The van der Waals surface area contributed by atoms with Gasteiger partial charge in [-0.15, -0.1) is 0 Å². The molecule has 0 aliphatic carbocycles. The van der Waals surface area contributed by atoms with Crippen LogP contribution in [0.1, 0.15) is 26.7 Å². The number of aromatic nitrogens is 1. The molecule has 0 spiro atoms. The number of unbranched alkanes of at least 4 members (excludes halogenated alkanes) is 1. The van der Waals surface area contributed by atoms with Crippen LogP contribution in [0.3, 0.4) is 0 Å². The minimum Gasteiger partial charge on any atom is -0.379 e. The van der Waals surface area contributed by atoms with E-state index in [4.69, 9.17) is 4.74 Å². The first-order valence-electron chi connectivity index (χ1n) is 6.06. The largest absolute Gasteiger partial charge is 0.386 e. The molecule has 1 N–H and O–H groups in total. The molecule has 1 rings (SSSR count). The van der Waals surface area contributed by atoms with Crippen LogP contribution < -0.4 is 5.32 Å². The first-order valence-corrected chi connectivity index (χ1v) is 6.06. The lowest BCUT2D eigenvalue weighted by Gasteiger charge is -2.08. The second-order valence-electron chi connectivity index (χ2n) is 4.19. The van der Waals surface area contributed by atoms with Crippen LogP contribution in [-0.4, -0.2) is 29.2 Å². The van der Waals surface area contributed by atoms with Gasteiger partial charge in [-0.25, -0.2) is 0 Å². The molecule has 0 fully saturated rings. The van der Waals surface area contributed by atoms with Crippen molar-refractivity contribution in [2.45, 2.75) is 32.8 Å². The minimum atomic E-state index is -0.482. The van der Waals surface area contributed by atoms with Crippen molar-refractivity contribution in [3.63, 3.8) is 0 Å². The highest BCUT2D eigenvalue weighted by molar-refractivity contribution is 5.56. The van der Waals surface area contributed by atoms with Crippen LogP contribution in [0.4, 0.5) is 11.5 Å². The third-order valence-electron chi connectivity index (χ3n) is 2.30. The molecule has 1 aromatic rings. The van der Waals surface area contributed by atoms with E-state index < -0.39 is 4.92 Å². The molecule has 0 unspecified atom stereocenters. The van der Waals surface area contributed by atoms with Gasteiger partial charge in [0.05, 0.1) is 6.10 Å². The smallest absolute Gasteiger partial charge is 0.379 e. The van der Waals surface area contributed by atoms with Crippen LogP contribution >= 0.6 is 0 Å². The predicted molar refractivity (Wildman–Crippen MR) is 69.7 cm³/mol. The molecule has 18 heavy (non-hydrogen) atoms. The molecule has 6 nitrogen and oxygen atoms in total. The molecule has 0 saturated heterocycles. The molecular formula is C12H19N3O3.